The Morgan fingerprint density at radius 1 is 0.710 bits per heavy atom. The van der Waals surface area contributed by atoms with Crippen LogP contribution in [-0.2, 0) is 0 Å². The van der Waals surface area contributed by atoms with Crippen LogP contribution in [0.5, 0.6) is 0 Å². The van der Waals surface area contributed by atoms with E-state index in [1.165, 1.54) is 109 Å². The van der Waals surface area contributed by atoms with Crippen LogP contribution in [0.15, 0.2) is 17.4 Å². The van der Waals surface area contributed by atoms with E-state index in [0.29, 0.717) is 12.5 Å². The molecule has 0 bridgehead atoms. The number of hydroxylamine groups is 3. The van der Waals surface area contributed by atoms with Gasteiger partial charge in [0.15, 0.2) is 6.20 Å². The van der Waals surface area contributed by atoms with Crippen molar-refractivity contribution in [3.8, 4) is 0 Å². The molecule has 1 rings (SSSR count). The van der Waals surface area contributed by atoms with E-state index >= 15 is 0 Å². The molecule has 0 saturated carbocycles. The van der Waals surface area contributed by atoms with Crippen molar-refractivity contribution in [1.29, 1.82) is 0 Å². The third-order valence-corrected chi connectivity index (χ3v) is 6.91. The van der Waals surface area contributed by atoms with E-state index in [1.54, 1.807) is 6.20 Å². The summed E-state index contributed by atoms with van der Waals surface area (Å²) in [6, 6.07) is 0. The first-order valence-corrected chi connectivity index (χ1v) is 13.5. The van der Waals surface area contributed by atoms with Gasteiger partial charge in [-0.3, -0.25) is 0 Å². The van der Waals surface area contributed by atoms with E-state index in [1.807, 2.05) is 13.1 Å². The highest BCUT2D eigenvalue weighted by atomic mass is 79.9. The fourth-order valence-electron chi connectivity index (χ4n) is 4.72. The topological polar surface area (TPSA) is 32.6 Å². The molecule has 2 unspecified atom stereocenters. The Kier molecular flexibility index (Phi) is 20.3. The number of unbranched alkanes of at least 4 members (excludes halogenated alkanes) is 16. The standard InChI is InChI=1S/C27H53N2O.BrH/c1-4-7-8-9-10-11-12-13-14-15-16-17-18-19-20-21-22-23-26(5-2)27-28-24-25-29(27,30)6-3;/h24-26,30H,4-23H2,1-3H3;1H/q+1;/p-1. The summed E-state index contributed by atoms with van der Waals surface area (Å²) in [6.45, 7) is 7.21. The maximum Gasteiger partial charge on any atom is 0.243 e. The number of hydrogen-bond acceptors (Lipinski definition) is 2. The van der Waals surface area contributed by atoms with Crippen LogP contribution in [0.3, 0.4) is 0 Å². The predicted molar refractivity (Wildman–Crippen MR) is 132 cm³/mol. The molecule has 0 aliphatic carbocycles. The van der Waals surface area contributed by atoms with Gasteiger partial charge in [-0.05, 0) is 19.8 Å². The Morgan fingerprint density at radius 3 is 1.52 bits per heavy atom. The molecule has 0 saturated heterocycles. The molecule has 31 heavy (non-hydrogen) atoms. The van der Waals surface area contributed by atoms with E-state index in [-0.39, 0.29) is 21.6 Å². The second-order valence-corrected chi connectivity index (χ2v) is 9.48. The van der Waals surface area contributed by atoms with E-state index in [2.05, 4.69) is 18.8 Å². The Morgan fingerprint density at radius 2 is 1.13 bits per heavy atom. The van der Waals surface area contributed by atoms with Crippen LogP contribution in [0.4, 0.5) is 0 Å². The van der Waals surface area contributed by atoms with Gasteiger partial charge >= 0.3 is 0 Å². The van der Waals surface area contributed by atoms with Crippen molar-refractivity contribution in [2.75, 3.05) is 6.54 Å². The van der Waals surface area contributed by atoms with Gasteiger partial charge in [-0.25, -0.2) is 5.21 Å². The van der Waals surface area contributed by atoms with Crippen molar-refractivity contribution in [1.82, 2.24) is 0 Å². The lowest BCUT2D eigenvalue weighted by atomic mass is 9.95. The Hall–Kier alpha value is -0.190. The first kappa shape index (κ1) is 30.8. The molecule has 0 fully saturated rings. The largest absolute Gasteiger partial charge is 1.00 e. The van der Waals surface area contributed by atoms with E-state index < -0.39 is 0 Å². The number of halogens is 1. The van der Waals surface area contributed by atoms with Crippen LogP contribution in [0.2, 0.25) is 0 Å². The van der Waals surface area contributed by atoms with Gasteiger partial charge in [0.25, 0.3) is 0 Å². The zero-order valence-electron chi connectivity index (χ0n) is 21.1. The zero-order chi connectivity index (χ0) is 21.9. The minimum absolute atomic E-state index is 0. The average Bonchev–Trinajstić information content (AvgIpc) is 3.15. The highest BCUT2D eigenvalue weighted by molar-refractivity contribution is 5.80. The summed E-state index contributed by atoms with van der Waals surface area (Å²) in [4.78, 5) is 4.48. The van der Waals surface area contributed by atoms with Crippen molar-refractivity contribution in [3.05, 3.63) is 12.4 Å². The van der Waals surface area contributed by atoms with Gasteiger partial charge in [-0.2, -0.15) is 4.99 Å². The first-order valence-electron chi connectivity index (χ1n) is 13.5. The second-order valence-electron chi connectivity index (χ2n) is 9.48. The van der Waals surface area contributed by atoms with Crippen LogP contribution < -0.4 is 17.0 Å². The Balaban J connectivity index is 0.00000900. The first-order chi connectivity index (χ1) is 14.7. The zero-order valence-corrected chi connectivity index (χ0v) is 22.7. The van der Waals surface area contributed by atoms with E-state index in [9.17, 15) is 5.21 Å². The van der Waals surface area contributed by atoms with Crippen molar-refractivity contribution in [3.63, 3.8) is 0 Å². The van der Waals surface area contributed by atoms with E-state index in [0.717, 1.165) is 18.7 Å². The highest BCUT2D eigenvalue weighted by Gasteiger charge is 2.37. The molecule has 3 nitrogen and oxygen atoms in total. The smallest absolute Gasteiger partial charge is 0.243 e. The highest BCUT2D eigenvalue weighted by Crippen LogP contribution is 2.25. The summed E-state index contributed by atoms with van der Waals surface area (Å²) in [5.41, 5.74) is 0. The quantitative estimate of drug-likeness (QED) is 0.148. The lowest BCUT2D eigenvalue weighted by molar-refractivity contribution is -0.988. The maximum atomic E-state index is 10.6. The summed E-state index contributed by atoms with van der Waals surface area (Å²) in [5.74, 6) is 1.37. The molecule has 0 spiro atoms. The number of rotatable bonds is 21. The average molecular weight is 502 g/mol. The molecule has 1 heterocycles. The predicted octanol–water partition coefficient (Wildman–Crippen LogP) is 6.17. The fraction of sp³-hybridized carbons (Fsp3) is 0.889. The van der Waals surface area contributed by atoms with Crippen molar-refractivity contribution in [2.45, 2.75) is 143 Å². The van der Waals surface area contributed by atoms with Crippen molar-refractivity contribution >= 4 is 5.84 Å². The van der Waals surface area contributed by atoms with Crippen LogP contribution in [0.1, 0.15) is 143 Å². The second kappa shape index (κ2) is 20.4. The molecule has 0 aromatic heterocycles. The number of amidine groups is 1. The van der Waals surface area contributed by atoms with Crippen LogP contribution in [0.25, 0.3) is 0 Å². The van der Waals surface area contributed by atoms with Gasteiger partial charge in [0.2, 0.25) is 5.84 Å². The number of hydrogen-bond donors (Lipinski definition) is 1. The van der Waals surface area contributed by atoms with Gasteiger partial charge in [0.1, 0.15) is 6.54 Å². The summed E-state index contributed by atoms with van der Waals surface area (Å²) in [7, 11) is 0. The molecule has 0 radical (unpaired) electrons. The van der Waals surface area contributed by atoms with Crippen molar-refractivity contribution < 1.29 is 26.8 Å². The van der Waals surface area contributed by atoms with Crippen LogP contribution in [-0.4, -0.2) is 22.2 Å². The summed E-state index contributed by atoms with van der Waals surface area (Å²) < 4.78 is -0.0720. The third-order valence-electron chi connectivity index (χ3n) is 6.91. The van der Waals surface area contributed by atoms with Gasteiger partial charge < -0.3 is 17.0 Å². The molecule has 2 atom stereocenters. The van der Waals surface area contributed by atoms with Gasteiger partial charge in [0, 0.05) is 0 Å². The van der Waals surface area contributed by atoms with Crippen LogP contribution >= 0.6 is 0 Å². The number of nitrogens with zero attached hydrogens (tertiary/aromatic N) is 2. The molecular weight excluding hydrogens is 448 g/mol. The summed E-state index contributed by atoms with van der Waals surface area (Å²) in [5, 5.41) is 10.6. The number of aliphatic imine (C=N–C) groups is 1. The normalized spacial score (nSPS) is 18.8. The molecule has 1 aliphatic rings. The summed E-state index contributed by atoms with van der Waals surface area (Å²) >= 11 is 0. The Bertz CT molecular complexity index is 466. The molecule has 0 aromatic carbocycles. The molecule has 184 valence electrons. The molecule has 0 amide bonds. The monoisotopic (exact) mass is 500 g/mol. The lowest BCUT2D eigenvalue weighted by Crippen LogP contribution is -3.00. The molecular formula is C27H53BrN2O. The van der Waals surface area contributed by atoms with Gasteiger partial charge in [-0.1, -0.05) is 123 Å². The molecule has 1 N–H and O–H groups in total. The summed E-state index contributed by atoms with van der Waals surface area (Å²) in [6.07, 6.45) is 29.9. The lowest BCUT2D eigenvalue weighted by Gasteiger charge is -2.26. The molecule has 1 aliphatic heterocycles. The SMILES string of the molecule is CCCCCCCCCCCCCCCCCCCC(CC)C1=NC=C[N+]1(O)CC.[Br-]. The Labute approximate surface area is 205 Å². The number of quaternary nitrogens is 1. The third kappa shape index (κ3) is 13.8. The van der Waals surface area contributed by atoms with E-state index in [4.69, 9.17) is 0 Å². The minimum Gasteiger partial charge on any atom is -1.00 e. The van der Waals surface area contributed by atoms with Crippen molar-refractivity contribution in [2.24, 2.45) is 10.9 Å². The van der Waals surface area contributed by atoms with Gasteiger partial charge in [-0.15, -0.1) is 4.65 Å². The minimum atomic E-state index is -0.0720. The van der Waals surface area contributed by atoms with Gasteiger partial charge in [0.05, 0.1) is 12.1 Å². The fourth-order valence-corrected chi connectivity index (χ4v) is 4.72. The molecule has 4 heteroatoms. The van der Waals surface area contributed by atoms with Crippen LogP contribution in [0, 0.1) is 5.92 Å². The molecule has 0 aromatic rings. The maximum absolute atomic E-state index is 10.6.